The number of piperidine rings is 1. The summed E-state index contributed by atoms with van der Waals surface area (Å²) in [5, 5.41) is 0. The molecule has 1 unspecified atom stereocenters. The predicted octanol–water partition coefficient (Wildman–Crippen LogP) is 1.56. The third kappa shape index (κ3) is 3.26. The van der Waals surface area contributed by atoms with Crippen molar-refractivity contribution in [2.24, 2.45) is 11.7 Å². The van der Waals surface area contributed by atoms with Crippen LogP contribution < -0.4 is 10.6 Å². The van der Waals surface area contributed by atoms with E-state index in [2.05, 4.69) is 0 Å². The summed E-state index contributed by atoms with van der Waals surface area (Å²) in [5.41, 5.74) is 7.59. The first-order chi connectivity index (χ1) is 9.11. The zero-order valence-electron chi connectivity index (χ0n) is 11.8. The maximum absolute atomic E-state index is 12.4. The number of benzene rings is 1. The Hall–Kier alpha value is -1.55. The minimum absolute atomic E-state index is 0.128. The molecule has 2 rings (SSSR count). The molecule has 2 N–H and O–H groups in total. The Morgan fingerprint density at radius 1 is 1.37 bits per heavy atom. The molecule has 1 fully saturated rings. The Balaban J connectivity index is 2.06. The standard InChI is InChI=1S/C15H23N3O/c1-17(2)14-7-5-13(6-8-14)15(19)18-9-3-4-12(10-16)11-18/h5-8,12H,3-4,9-11,16H2,1-2H3. The van der Waals surface area contributed by atoms with Crippen LogP contribution in [0.1, 0.15) is 23.2 Å². The molecule has 1 aliphatic heterocycles. The Morgan fingerprint density at radius 3 is 2.63 bits per heavy atom. The van der Waals surface area contributed by atoms with Crippen LogP contribution in [0.25, 0.3) is 0 Å². The van der Waals surface area contributed by atoms with Crippen LogP contribution in [0.5, 0.6) is 0 Å². The number of hydrogen-bond donors (Lipinski definition) is 1. The van der Waals surface area contributed by atoms with Gasteiger partial charge in [-0.25, -0.2) is 0 Å². The van der Waals surface area contributed by atoms with Crippen LogP contribution in [0.4, 0.5) is 5.69 Å². The van der Waals surface area contributed by atoms with E-state index in [1.807, 2.05) is 48.2 Å². The van der Waals surface area contributed by atoms with E-state index in [1.165, 1.54) is 0 Å². The number of anilines is 1. The molecule has 1 atom stereocenters. The third-order valence-electron chi connectivity index (χ3n) is 3.77. The maximum Gasteiger partial charge on any atom is 0.253 e. The summed E-state index contributed by atoms with van der Waals surface area (Å²) in [6.45, 7) is 2.32. The van der Waals surface area contributed by atoms with E-state index in [1.54, 1.807) is 0 Å². The topological polar surface area (TPSA) is 49.6 Å². The predicted molar refractivity (Wildman–Crippen MR) is 78.5 cm³/mol. The van der Waals surface area contributed by atoms with E-state index in [-0.39, 0.29) is 5.91 Å². The summed E-state index contributed by atoms with van der Waals surface area (Å²) in [7, 11) is 3.99. The van der Waals surface area contributed by atoms with Gasteiger partial charge < -0.3 is 15.5 Å². The largest absolute Gasteiger partial charge is 0.378 e. The average Bonchev–Trinajstić information content (AvgIpc) is 2.46. The van der Waals surface area contributed by atoms with E-state index in [4.69, 9.17) is 5.73 Å². The zero-order chi connectivity index (χ0) is 13.8. The Morgan fingerprint density at radius 2 is 2.05 bits per heavy atom. The molecule has 0 aromatic heterocycles. The Labute approximate surface area is 115 Å². The van der Waals surface area contributed by atoms with E-state index in [9.17, 15) is 4.79 Å². The molecule has 0 spiro atoms. The molecule has 4 heteroatoms. The average molecular weight is 261 g/mol. The lowest BCUT2D eigenvalue weighted by atomic mass is 9.97. The van der Waals surface area contributed by atoms with Gasteiger partial charge in [0, 0.05) is 38.4 Å². The molecular weight excluding hydrogens is 238 g/mol. The summed E-state index contributed by atoms with van der Waals surface area (Å²) in [4.78, 5) is 16.4. The second-order valence-electron chi connectivity index (χ2n) is 5.44. The summed E-state index contributed by atoms with van der Waals surface area (Å²) < 4.78 is 0. The van der Waals surface area contributed by atoms with Crippen LogP contribution >= 0.6 is 0 Å². The van der Waals surface area contributed by atoms with Gasteiger partial charge in [-0.3, -0.25) is 4.79 Å². The fraction of sp³-hybridized carbons (Fsp3) is 0.533. The number of amides is 1. The molecule has 1 amide bonds. The van der Waals surface area contributed by atoms with Gasteiger partial charge in [-0.15, -0.1) is 0 Å². The molecule has 1 aromatic carbocycles. The van der Waals surface area contributed by atoms with E-state index < -0.39 is 0 Å². The number of nitrogens with zero attached hydrogens (tertiary/aromatic N) is 2. The van der Waals surface area contributed by atoms with E-state index >= 15 is 0 Å². The zero-order valence-corrected chi connectivity index (χ0v) is 11.8. The van der Waals surface area contributed by atoms with Crippen LogP contribution in [-0.4, -0.2) is 44.5 Å². The van der Waals surface area contributed by atoms with Gasteiger partial charge in [-0.2, -0.15) is 0 Å². The summed E-state index contributed by atoms with van der Waals surface area (Å²) in [6.07, 6.45) is 2.20. The van der Waals surface area contributed by atoms with Gasteiger partial charge in [0.05, 0.1) is 0 Å². The third-order valence-corrected chi connectivity index (χ3v) is 3.77. The fourth-order valence-electron chi connectivity index (χ4n) is 2.53. The molecule has 1 aromatic rings. The summed E-state index contributed by atoms with van der Waals surface area (Å²) >= 11 is 0. The first-order valence-electron chi connectivity index (χ1n) is 6.88. The molecule has 0 bridgehead atoms. The summed E-state index contributed by atoms with van der Waals surface area (Å²) in [6, 6.07) is 7.78. The number of hydrogen-bond acceptors (Lipinski definition) is 3. The number of likely N-dealkylation sites (tertiary alicyclic amines) is 1. The van der Waals surface area contributed by atoms with Crippen molar-refractivity contribution in [1.82, 2.24) is 4.90 Å². The number of carbonyl (C=O) groups is 1. The minimum Gasteiger partial charge on any atom is -0.378 e. The molecule has 0 radical (unpaired) electrons. The van der Waals surface area contributed by atoms with Gasteiger partial charge in [0.25, 0.3) is 5.91 Å². The molecule has 1 heterocycles. The molecule has 0 saturated carbocycles. The maximum atomic E-state index is 12.4. The van der Waals surface area contributed by atoms with Crippen LogP contribution in [0.15, 0.2) is 24.3 Å². The van der Waals surface area contributed by atoms with Crippen molar-refractivity contribution >= 4 is 11.6 Å². The van der Waals surface area contributed by atoms with Crippen LogP contribution in [0.2, 0.25) is 0 Å². The van der Waals surface area contributed by atoms with Crippen LogP contribution in [0, 0.1) is 5.92 Å². The van der Waals surface area contributed by atoms with Crippen molar-refractivity contribution in [3.63, 3.8) is 0 Å². The first-order valence-corrected chi connectivity index (χ1v) is 6.88. The van der Waals surface area contributed by atoms with Crippen molar-refractivity contribution in [3.05, 3.63) is 29.8 Å². The molecule has 1 saturated heterocycles. The second-order valence-corrected chi connectivity index (χ2v) is 5.44. The van der Waals surface area contributed by atoms with Crippen molar-refractivity contribution in [2.45, 2.75) is 12.8 Å². The fourth-order valence-corrected chi connectivity index (χ4v) is 2.53. The van der Waals surface area contributed by atoms with Gasteiger partial charge in [0.1, 0.15) is 0 Å². The SMILES string of the molecule is CN(C)c1ccc(C(=O)N2CCCC(CN)C2)cc1. The molecule has 104 valence electrons. The van der Waals surface area contributed by atoms with Gasteiger partial charge in [-0.1, -0.05) is 0 Å². The molecular formula is C15H23N3O. The number of carbonyl (C=O) groups excluding carboxylic acids is 1. The monoisotopic (exact) mass is 261 g/mol. The van der Waals surface area contributed by atoms with Gasteiger partial charge in [0.2, 0.25) is 0 Å². The quantitative estimate of drug-likeness (QED) is 0.898. The highest BCUT2D eigenvalue weighted by Crippen LogP contribution is 2.19. The first kappa shape index (κ1) is 13.9. The van der Waals surface area contributed by atoms with Gasteiger partial charge in [-0.05, 0) is 49.6 Å². The molecule has 19 heavy (non-hydrogen) atoms. The van der Waals surface area contributed by atoms with Gasteiger partial charge >= 0.3 is 0 Å². The number of nitrogens with two attached hydrogens (primary N) is 1. The number of rotatable bonds is 3. The normalized spacial score (nSPS) is 19.3. The minimum atomic E-state index is 0.128. The van der Waals surface area contributed by atoms with Crippen molar-refractivity contribution in [1.29, 1.82) is 0 Å². The molecule has 4 nitrogen and oxygen atoms in total. The lowest BCUT2D eigenvalue weighted by Gasteiger charge is -2.32. The molecule has 1 aliphatic rings. The highest BCUT2D eigenvalue weighted by atomic mass is 16.2. The van der Waals surface area contributed by atoms with E-state index in [0.29, 0.717) is 12.5 Å². The second kappa shape index (κ2) is 6.06. The Kier molecular flexibility index (Phi) is 4.43. The van der Waals surface area contributed by atoms with Crippen molar-refractivity contribution in [3.8, 4) is 0 Å². The van der Waals surface area contributed by atoms with Crippen LogP contribution in [0.3, 0.4) is 0 Å². The lowest BCUT2D eigenvalue weighted by molar-refractivity contribution is 0.0678. The molecule has 0 aliphatic carbocycles. The van der Waals surface area contributed by atoms with Crippen molar-refractivity contribution in [2.75, 3.05) is 38.6 Å². The van der Waals surface area contributed by atoms with Crippen LogP contribution in [-0.2, 0) is 0 Å². The van der Waals surface area contributed by atoms with Crippen molar-refractivity contribution < 1.29 is 4.79 Å². The lowest BCUT2D eigenvalue weighted by Crippen LogP contribution is -2.42. The van der Waals surface area contributed by atoms with E-state index in [0.717, 1.165) is 37.2 Å². The van der Waals surface area contributed by atoms with Gasteiger partial charge in [0.15, 0.2) is 0 Å². The highest BCUT2D eigenvalue weighted by molar-refractivity contribution is 5.94. The summed E-state index contributed by atoms with van der Waals surface area (Å²) in [5.74, 6) is 0.585. The highest BCUT2D eigenvalue weighted by Gasteiger charge is 2.23. The smallest absolute Gasteiger partial charge is 0.253 e. The Bertz CT molecular complexity index is 428.